The first-order valence-corrected chi connectivity index (χ1v) is 10.4. The summed E-state index contributed by atoms with van der Waals surface area (Å²) in [5, 5.41) is 34.7. The molecule has 0 saturated carbocycles. The van der Waals surface area contributed by atoms with Gasteiger partial charge in [-0.2, -0.15) is 0 Å². The molecular weight excluding hydrogens is 415 g/mol. The van der Waals surface area contributed by atoms with E-state index in [9.17, 15) is 19.7 Å². The molecule has 1 aliphatic heterocycles. The number of benzene rings is 3. The van der Waals surface area contributed by atoms with Gasteiger partial charge in [-0.25, -0.2) is 4.39 Å². The molecular formula is C24H23FN2O3S. The number of thiocarbonyl (C=S) groups is 1. The molecule has 4 N–H and O–H groups in total. The van der Waals surface area contributed by atoms with Crippen LogP contribution < -0.4 is 10.2 Å². The van der Waals surface area contributed by atoms with Crippen LogP contribution in [0.25, 0.3) is 0 Å². The smallest absolute Gasteiger partial charge is 0.174 e. The summed E-state index contributed by atoms with van der Waals surface area (Å²) in [5.74, 6) is -0.397. The van der Waals surface area contributed by atoms with Crippen LogP contribution in [0.5, 0.6) is 11.5 Å². The third kappa shape index (κ3) is 4.47. The standard InChI is InChI=1S/C24H23FN2O3S/c25-16-8-6-15(7-9-16)21(29)13-12-20-23(19-11-10-18(28)14-22(19)30)27(24(31)26-20)17-4-2-1-3-5-17/h1-11,14,20-21,23,28-30H,12-13H2,(H,26,31)/t20-,21-,23+/m0/s1. The zero-order chi connectivity index (χ0) is 22.0. The molecule has 7 heteroatoms. The molecule has 0 radical (unpaired) electrons. The van der Waals surface area contributed by atoms with Crippen molar-refractivity contribution in [3.05, 3.63) is 89.7 Å². The lowest BCUT2D eigenvalue weighted by Gasteiger charge is -2.29. The molecule has 1 saturated heterocycles. The lowest BCUT2D eigenvalue weighted by molar-refractivity contribution is 0.159. The molecule has 3 atom stereocenters. The lowest BCUT2D eigenvalue weighted by Crippen LogP contribution is -2.29. The van der Waals surface area contributed by atoms with Gasteiger partial charge in [-0.3, -0.25) is 0 Å². The van der Waals surface area contributed by atoms with E-state index in [-0.39, 0.29) is 29.4 Å². The Labute approximate surface area is 185 Å². The number of rotatable bonds is 6. The third-order valence-electron chi connectivity index (χ3n) is 5.56. The SMILES string of the molecule is Oc1ccc([C@@H]2[C@H](CC[C@H](O)c3ccc(F)cc3)NC(=S)N2c2ccccc2)c(O)c1. The van der Waals surface area contributed by atoms with E-state index < -0.39 is 6.10 Å². The van der Waals surface area contributed by atoms with Crippen molar-refractivity contribution < 1.29 is 19.7 Å². The van der Waals surface area contributed by atoms with Crippen LogP contribution in [0.3, 0.4) is 0 Å². The second-order valence-electron chi connectivity index (χ2n) is 7.59. The van der Waals surface area contributed by atoms with Crippen molar-refractivity contribution >= 4 is 23.0 Å². The van der Waals surface area contributed by atoms with Gasteiger partial charge >= 0.3 is 0 Å². The summed E-state index contributed by atoms with van der Waals surface area (Å²) in [7, 11) is 0. The van der Waals surface area contributed by atoms with Gasteiger partial charge in [0.1, 0.15) is 17.3 Å². The first kappa shape index (κ1) is 21.1. The fraction of sp³-hybridized carbons (Fsp3) is 0.208. The van der Waals surface area contributed by atoms with Gasteiger partial charge in [0.15, 0.2) is 5.11 Å². The van der Waals surface area contributed by atoms with Gasteiger partial charge in [0.05, 0.1) is 18.2 Å². The maximum absolute atomic E-state index is 13.2. The number of anilines is 1. The predicted octanol–water partition coefficient (Wildman–Crippen LogP) is 4.56. The highest BCUT2D eigenvalue weighted by molar-refractivity contribution is 7.80. The Bertz CT molecular complexity index is 1060. The predicted molar refractivity (Wildman–Crippen MR) is 122 cm³/mol. The van der Waals surface area contributed by atoms with Gasteiger partial charge in [-0.1, -0.05) is 30.3 Å². The normalized spacial score (nSPS) is 19.3. The zero-order valence-electron chi connectivity index (χ0n) is 16.6. The number of para-hydroxylation sites is 1. The number of hydrogen-bond donors (Lipinski definition) is 4. The Kier molecular flexibility index (Phi) is 6.06. The molecule has 160 valence electrons. The van der Waals surface area contributed by atoms with E-state index >= 15 is 0 Å². The Hall–Kier alpha value is -3.16. The van der Waals surface area contributed by atoms with Gasteiger partial charge in [0.2, 0.25) is 0 Å². The van der Waals surface area contributed by atoms with E-state index in [0.717, 1.165) is 5.69 Å². The van der Waals surface area contributed by atoms with E-state index in [1.54, 1.807) is 18.2 Å². The van der Waals surface area contributed by atoms with Crippen LogP contribution >= 0.6 is 12.2 Å². The minimum absolute atomic E-state index is 0.0238. The monoisotopic (exact) mass is 438 g/mol. The van der Waals surface area contributed by atoms with Crippen molar-refractivity contribution in [3.63, 3.8) is 0 Å². The minimum atomic E-state index is -0.754. The molecule has 0 amide bonds. The topological polar surface area (TPSA) is 76.0 Å². The number of hydrogen-bond acceptors (Lipinski definition) is 4. The summed E-state index contributed by atoms with van der Waals surface area (Å²) in [6.45, 7) is 0. The van der Waals surface area contributed by atoms with Crippen LogP contribution in [0.1, 0.15) is 36.1 Å². The van der Waals surface area contributed by atoms with Gasteiger partial charge in [-0.15, -0.1) is 0 Å². The second kappa shape index (κ2) is 8.91. The molecule has 0 bridgehead atoms. The van der Waals surface area contributed by atoms with Gasteiger partial charge in [0.25, 0.3) is 0 Å². The van der Waals surface area contributed by atoms with Crippen LogP contribution in [0.2, 0.25) is 0 Å². The fourth-order valence-corrected chi connectivity index (χ4v) is 4.41. The molecule has 0 unspecified atom stereocenters. The molecule has 3 aromatic carbocycles. The van der Waals surface area contributed by atoms with Crippen molar-refractivity contribution in [2.24, 2.45) is 0 Å². The van der Waals surface area contributed by atoms with Gasteiger partial charge in [-0.05, 0) is 67.0 Å². The molecule has 1 fully saturated rings. The number of halogens is 1. The highest BCUT2D eigenvalue weighted by atomic mass is 32.1. The van der Waals surface area contributed by atoms with Crippen molar-refractivity contribution in [1.29, 1.82) is 0 Å². The summed E-state index contributed by atoms with van der Waals surface area (Å²) in [4.78, 5) is 1.94. The van der Waals surface area contributed by atoms with Crippen LogP contribution in [-0.2, 0) is 0 Å². The van der Waals surface area contributed by atoms with Crippen molar-refractivity contribution in [2.75, 3.05) is 4.90 Å². The largest absolute Gasteiger partial charge is 0.508 e. The van der Waals surface area contributed by atoms with Crippen LogP contribution in [0, 0.1) is 5.82 Å². The number of aliphatic hydroxyl groups excluding tert-OH is 1. The first-order chi connectivity index (χ1) is 14.9. The van der Waals surface area contributed by atoms with Crippen LogP contribution in [-0.4, -0.2) is 26.5 Å². The lowest BCUT2D eigenvalue weighted by atomic mass is 9.92. The molecule has 0 spiro atoms. The Morgan fingerprint density at radius 2 is 1.71 bits per heavy atom. The summed E-state index contributed by atoms with van der Waals surface area (Å²) in [6, 6.07) is 19.4. The number of aromatic hydroxyl groups is 2. The van der Waals surface area contributed by atoms with E-state index in [2.05, 4.69) is 5.32 Å². The van der Waals surface area contributed by atoms with Crippen molar-refractivity contribution in [2.45, 2.75) is 31.0 Å². The Morgan fingerprint density at radius 1 is 1.00 bits per heavy atom. The van der Waals surface area contributed by atoms with Gasteiger partial charge < -0.3 is 25.5 Å². The highest BCUT2D eigenvalue weighted by Gasteiger charge is 2.40. The molecule has 3 aromatic rings. The summed E-state index contributed by atoms with van der Waals surface area (Å²) in [6.07, 6.45) is 0.215. The Balaban J connectivity index is 1.62. The Morgan fingerprint density at radius 3 is 2.39 bits per heavy atom. The molecule has 5 nitrogen and oxygen atoms in total. The van der Waals surface area contributed by atoms with Crippen molar-refractivity contribution in [1.82, 2.24) is 5.32 Å². The second-order valence-corrected chi connectivity index (χ2v) is 7.98. The molecule has 1 heterocycles. The summed E-state index contributed by atoms with van der Waals surface area (Å²) < 4.78 is 13.2. The van der Waals surface area contributed by atoms with E-state index in [1.807, 2.05) is 35.2 Å². The van der Waals surface area contributed by atoms with Crippen LogP contribution in [0.15, 0.2) is 72.8 Å². The number of phenols is 2. The number of phenolic OH excluding ortho intramolecular Hbond substituents is 2. The fourth-order valence-electron chi connectivity index (χ4n) is 4.04. The summed E-state index contributed by atoms with van der Waals surface area (Å²) >= 11 is 5.61. The highest BCUT2D eigenvalue weighted by Crippen LogP contribution is 2.41. The minimum Gasteiger partial charge on any atom is -0.508 e. The maximum atomic E-state index is 13.2. The summed E-state index contributed by atoms with van der Waals surface area (Å²) in [5.41, 5.74) is 2.14. The van der Waals surface area contributed by atoms with E-state index in [4.69, 9.17) is 12.2 Å². The number of aliphatic hydroxyl groups is 1. The molecule has 1 aliphatic rings. The van der Waals surface area contributed by atoms with E-state index in [1.165, 1.54) is 24.3 Å². The number of nitrogens with zero attached hydrogens (tertiary/aromatic N) is 1. The van der Waals surface area contributed by atoms with E-state index in [0.29, 0.717) is 29.1 Å². The first-order valence-electron chi connectivity index (χ1n) is 10.0. The van der Waals surface area contributed by atoms with Gasteiger partial charge in [0, 0.05) is 17.3 Å². The van der Waals surface area contributed by atoms with Crippen molar-refractivity contribution in [3.8, 4) is 11.5 Å². The average Bonchev–Trinajstić information content (AvgIpc) is 3.09. The zero-order valence-corrected chi connectivity index (χ0v) is 17.5. The molecule has 4 rings (SSSR count). The molecule has 0 aromatic heterocycles. The number of nitrogens with one attached hydrogen (secondary N) is 1. The quantitative estimate of drug-likeness (QED) is 0.423. The van der Waals surface area contributed by atoms with Crippen LogP contribution in [0.4, 0.5) is 10.1 Å². The average molecular weight is 439 g/mol. The molecule has 31 heavy (non-hydrogen) atoms. The maximum Gasteiger partial charge on any atom is 0.174 e. The third-order valence-corrected chi connectivity index (χ3v) is 5.87. The molecule has 0 aliphatic carbocycles.